The van der Waals surface area contributed by atoms with Crippen LogP contribution >= 0.6 is 0 Å². The lowest BCUT2D eigenvalue weighted by Gasteiger charge is -2.17. The Morgan fingerprint density at radius 3 is 2.48 bits per heavy atom. The summed E-state index contributed by atoms with van der Waals surface area (Å²) in [5.41, 5.74) is 2.19. The molecule has 0 aliphatic carbocycles. The van der Waals surface area contributed by atoms with E-state index in [9.17, 15) is 18.0 Å². The highest BCUT2D eigenvalue weighted by molar-refractivity contribution is 7.94. The van der Waals surface area contributed by atoms with E-state index in [0.29, 0.717) is 5.69 Å². The van der Waals surface area contributed by atoms with Crippen molar-refractivity contribution in [1.29, 1.82) is 0 Å². The Bertz CT molecular complexity index is 999. The van der Waals surface area contributed by atoms with Gasteiger partial charge in [-0.1, -0.05) is 45.0 Å². The lowest BCUT2D eigenvalue weighted by molar-refractivity contribution is -0.119. The van der Waals surface area contributed by atoms with Gasteiger partial charge in [0.25, 0.3) is 5.91 Å². The van der Waals surface area contributed by atoms with Crippen molar-refractivity contribution in [2.24, 2.45) is 5.92 Å². The van der Waals surface area contributed by atoms with Crippen LogP contribution in [0.15, 0.2) is 48.5 Å². The summed E-state index contributed by atoms with van der Waals surface area (Å²) < 4.78 is 25.4. The van der Waals surface area contributed by atoms with Crippen molar-refractivity contribution in [3.05, 3.63) is 59.7 Å². The van der Waals surface area contributed by atoms with Crippen LogP contribution in [0.4, 0.5) is 11.4 Å². The molecule has 2 aromatic rings. The van der Waals surface area contributed by atoms with Gasteiger partial charge >= 0.3 is 0 Å². The van der Waals surface area contributed by atoms with Crippen LogP contribution in [-0.2, 0) is 14.8 Å². The molecule has 2 aromatic carbocycles. The maximum Gasteiger partial charge on any atom is 0.255 e. The second kappa shape index (κ2) is 7.15. The fourth-order valence-electron chi connectivity index (χ4n) is 3.17. The molecule has 7 heteroatoms. The highest BCUT2D eigenvalue weighted by Crippen LogP contribution is 2.29. The Morgan fingerprint density at radius 1 is 1.15 bits per heavy atom. The standard InChI is InChI=1S/C20H22N2O4S/c1-13(2)17-9-4-5-10-18(17)21-19(23)15-7-6-8-16(11-15)22-20(24)14(3)12-27(22,25)26/h4-11,13-14H,12H2,1-3H3,(H,21,23)/t14-/m0/s1. The largest absolute Gasteiger partial charge is 0.322 e. The number of rotatable bonds is 4. The van der Waals surface area contributed by atoms with Gasteiger partial charge in [-0.3, -0.25) is 9.59 Å². The van der Waals surface area contributed by atoms with Gasteiger partial charge in [-0.15, -0.1) is 0 Å². The monoisotopic (exact) mass is 386 g/mol. The zero-order valence-electron chi connectivity index (χ0n) is 15.5. The molecule has 1 aliphatic rings. The zero-order valence-corrected chi connectivity index (χ0v) is 16.3. The van der Waals surface area contributed by atoms with Crippen molar-refractivity contribution in [3.8, 4) is 0 Å². The molecular formula is C20H22N2O4S. The van der Waals surface area contributed by atoms with Gasteiger partial charge < -0.3 is 5.32 Å². The van der Waals surface area contributed by atoms with Crippen LogP contribution in [-0.4, -0.2) is 26.0 Å². The van der Waals surface area contributed by atoms with Crippen LogP contribution in [0.5, 0.6) is 0 Å². The molecule has 1 atom stereocenters. The Kier molecular flexibility index (Phi) is 5.06. The van der Waals surface area contributed by atoms with Gasteiger partial charge in [0.2, 0.25) is 15.9 Å². The number of hydrogen-bond donors (Lipinski definition) is 1. The predicted molar refractivity (Wildman–Crippen MR) is 105 cm³/mol. The highest BCUT2D eigenvalue weighted by atomic mass is 32.2. The number of carbonyl (C=O) groups is 2. The number of nitrogens with zero attached hydrogens (tertiary/aromatic N) is 1. The molecule has 142 valence electrons. The summed E-state index contributed by atoms with van der Waals surface area (Å²) in [6, 6.07) is 13.6. The normalized spacial score (nSPS) is 18.7. The summed E-state index contributed by atoms with van der Waals surface area (Å²) in [6.45, 7) is 5.66. The second-order valence-electron chi connectivity index (χ2n) is 7.03. The minimum atomic E-state index is -3.71. The molecule has 1 heterocycles. The topological polar surface area (TPSA) is 83.6 Å². The fraction of sp³-hybridized carbons (Fsp3) is 0.300. The molecule has 0 aromatic heterocycles. The Morgan fingerprint density at radius 2 is 1.85 bits per heavy atom. The maximum absolute atomic E-state index is 12.7. The molecular weight excluding hydrogens is 364 g/mol. The average Bonchev–Trinajstić information content (AvgIpc) is 2.82. The smallest absolute Gasteiger partial charge is 0.255 e. The SMILES string of the molecule is CC(C)c1ccccc1NC(=O)c1cccc(N2C(=O)[C@@H](C)CS2(=O)=O)c1. The van der Waals surface area contributed by atoms with E-state index in [1.165, 1.54) is 12.1 Å². The van der Waals surface area contributed by atoms with Gasteiger partial charge in [0.05, 0.1) is 17.4 Å². The molecule has 0 radical (unpaired) electrons. The number of anilines is 2. The van der Waals surface area contributed by atoms with Crippen molar-refractivity contribution < 1.29 is 18.0 Å². The number of nitrogens with one attached hydrogen (secondary N) is 1. The van der Waals surface area contributed by atoms with Crippen molar-refractivity contribution in [2.75, 3.05) is 15.4 Å². The molecule has 3 rings (SSSR count). The van der Waals surface area contributed by atoms with Gasteiger partial charge in [0.1, 0.15) is 0 Å². The zero-order chi connectivity index (χ0) is 19.8. The van der Waals surface area contributed by atoms with E-state index in [0.717, 1.165) is 9.87 Å². The number of benzene rings is 2. The molecule has 1 saturated heterocycles. The first-order valence-corrected chi connectivity index (χ1v) is 10.4. The number of sulfonamides is 1. The van der Waals surface area contributed by atoms with E-state index in [-0.39, 0.29) is 28.8 Å². The van der Waals surface area contributed by atoms with Crippen molar-refractivity contribution in [2.45, 2.75) is 26.7 Å². The van der Waals surface area contributed by atoms with Crippen LogP contribution in [0.1, 0.15) is 42.6 Å². The van der Waals surface area contributed by atoms with E-state index >= 15 is 0 Å². The third-order valence-corrected chi connectivity index (χ3v) is 6.40. The molecule has 1 fully saturated rings. The van der Waals surface area contributed by atoms with Crippen LogP contribution in [0, 0.1) is 5.92 Å². The van der Waals surface area contributed by atoms with E-state index in [1.807, 2.05) is 38.1 Å². The molecule has 2 amide bonds. The Labute approximate surface area is 159 Å². The molecule has 0 saturated carbocycles. The van der Waals surface area contributed by atoms with Crippen LogP contribution in [0.25, 0.3) is 0 Å². The number of hydrogen-bond acceptors (Lipinski definition) is 4. The van der Waals surface area contributed by atoms with Crippen LogP contribution in [0.2, 0.25) is 0 Å². The quantitative estimate of drug-likeness (QED) is 0.873. The second-order valence-corrected chi connectivity index (χ2v) is 8.89. The molecule has 1 N–H and O–H groups in total. The number of para-hydroxylation sites is 1. The van der Waals surface area contributed by atoms with E-state index < -0.39 is 21.8 Å². The van der Waals surface area contributed by atoms with Gasteiger partial charge in [0, 0.05) is 11.3 Å². The Balaban J connectivity index is 1.91. The molecule has 0 unspecified atom stereocenters. The molecule has 6 nitrogen and oxygen atoms in total. The number of carbonyl (C=O) groups excluding carboxylic acids is 2. The lowest BCUT2D eigenvalue weighted by Crippen LogP contribution is -2.30. The lowest BCUT2D eigenvalue weighted by atomic mass is 10.0. The highest BCUT2D eigenvalue weighted by Gasteiger charge is 2.42. The third-order valence-electron chi connectivity index (χ3n) is 4.53. The molecule has 0 bridgehead atoms. The first-order chi connectivity index (χ1) is 12.7. The van der Waals surface area contributed by atoms with E-state index in [4.69, 9.17) is 0 Å². The minimum absolute atomic E-state index is 0.189. The molecule has 0 spiro atoms. The first kappa shape index (κ1) is 19.1. The summed E-state index contributed by atoms with van der Waals surface area (Å²) in [4.78, 5) is 25.0. The van der Waals surface area contributed by atoms with Crippen LogP contribution in [0.3, 0.4) is 0 Å². The number of amides is 2. The molecule has 27 heavy (non-hydrogen) atoms. The van der Waals surface area contributed by atoms with Gasteiger partial charge in [0.15, 0.2) is 0 Å². The van der Waals surface area contributed by atoms with E-state index in [2.05, 4.69) is 5.32 Å². The van der Waals surface area contributed by atoms with Crippen LogP contribution < -0.4 is 9.62 Å². The summed E-state index contributed by atoms with van der Waals surface area (Å²) >= 11 is 0. The first-order valence-electron chi connectivity index (χ1n) is 8.78. The van der Waals surface area contributed by atoms with Crippen molar-refractivity contribution in [3.63, 3.8) is 0 Å². The van der Waals surface area contributed by atoms with Gasteiger partial charge in [-0.2, -0.15) is 0 Å². The fourth-order valence-corrected chi connectivity index (χ4v) is 4.98. The minimum Gasteiger partial charge on any atom is -0.322 e. The summed E-state index contributed by atoms with van der Waals surface area (Å²) in [5.74, 6) is -1.41. The Hall–Kier alpha value is -2.67. The third kappa shape index (κ3) is 3.73. The summed E-state index contributed by atoms with van der Waals surface area (Å²) in [5, 5.41) is 2.87. The van der Waals surface area contributed by atoms with Gasteiger partial charge in [-0.05, 0) is 35.7 Å². The maximum atomic E-state index is 12.7. The summed E-state index contributed by atoms with van der Waals surface area (Å²) in [6.07, 6.45) is 0. The molecule has 1 aliphatic heterocycles. The predicted octanol–water partition coefficient (Wildman–Crippen LogP) is 3.37. The van der Waals surface area contributed by atoms with E-state index in [1.54, 1.807) is 19.1 Å². The summed E-state index contributed by atoms with van der Waals surface area (Å²) in [7, 11) is -3.71. The van der Waals surface area contributed by atoms with Gasteiger partial charge in [-0.25, -0.2) is 12.7 Å². The van der Waals surface area contributed by atoms with Crippen molar-refractivity contribution >= 4 is 33.2 Å². The average molecular weight is 386 g/mol. The van der Waals surface area contributed by atoms with Crippen molar-refractivity contribution in [1.82, 2.24) is 0 Å².